The smallest absolute Gasteiger partial charge is 0.222 e. The molecule has 0 radical (unpaired) electrons. The first-order chi connectivity index (χ1) is 9.63. The highest BCUT2D eigenvalue weighted by Gasteiger charge is 2.06. The minimum absolute atomic E-state index is 0.240. The number of nitrogens with one attached hydrogen (secondary N) is 1. The molecule has 0 amide bonds. The Morgan fingerprint density at radius 1 is 1.10 bits per heavy atom. The van der Waals surface area contributed by atoms with E-state index >= 15 is 0 Å². The Labute approximate surface area is 121 Å². The van der Waals surface area contributed by atoms with Gasteiger partial charge < -0.3 is 11.1 Å². The molecule has 2 aromatic carbocycles. The fourth-order valence-electron chi connectivity index (χ4n) is 2.00. The molecular weight excluding hydrogens is 272 g/mol. The molecule has 3 rings (SSSR count). The van der Waals surface area contributed by atoms with Gasteiger partial charge in [-0.3, -0.25) is 0 Å². The molecule has 0 aliphatic rings. The van der Waals surface area contributed by atoms with E-state index in [9.17, 15) is 0 Å². The van der Waals surface area contributed by atoms with Crippen molar-refractivity contribution in [3.63, 3.8) is 0 Å². The fourth-order valence-corrected chi connectivity index (χ4v) is 2.18. The van der Waals surface area contributed by atoms with Crippen LogP contribution in [-0.2, 0) is 0 Å². The Balaban J connectivity index is 2.07. The Bertz CT molecular complexity index is 786. The summed E-state index contributed by atoms with van der Waals surface area (Å²) in [6, 6.07) is 13.5. The van der Waals surface area contributed by atoms with E-state index < -0.39 is 0 Å². The van der Waals surface area contributed by atoms with Gasteiger partial charge in [-0.2, -0.15) is 4.98 Å². The number of hydrogen-bond donors (Lipinski definition) is 2. The lowest BCUT2D eigenvalue weighted by atomic mass is 10.2. The van der Waals surface area contributed by atoms with Gasteiger partial charge in [0.1, 0.15) is 5.82 Å². The molecule has 0 atom stereocenters. The predicted octanol–water partition coefficient (Wildman–Crippen LogP) is 3.92. The Morgan fingerprint density at radius 3 is 2.70 bits per heavy atom. The molecule has 4 nitrogen and oxygen atoms in total. The van der Waals surface area contributed by atoms with Crippen LogP contribution in [0.1, 0.15) is 5.56 Å². The first-order valence-electron chi connectivity index (χ1n) is 6.19. The Hall–Kier alpha value is -2.33. The van der Waals surface area contributed by atoms with E-state index in [1.807, 2.05) is 49.4 Å². The first kappa shape index (κ1) is 12.7. The summed E-state index contributed by atoms with van der Waals surface area (Å²) in [5, 5.41) is 4.86. The SMILES string of the molecule is Cc1ccc(Nc2nc(N)nc3ccccc23)cc1Cl. The second-order valence-electron chi connectivity index (χ2n) is 4.54. The van der Waals surface area contributed by atoms with Crippen molar-refractivity contribution >= 4 is 40.0 Å². The predicted molar refractivity (Wildman–Crippen MR) is 83.4 cm³/mol. The molecule has 0 bridgehead atoms. The summed E-state index contributed by atoms with van der Waals surface area (Å²) in [6.07, 6.45) is 0. The molecule has 0 saturated heterocycles. The van der Waals surface area contributed by atoms with Crippen LogP contribution in [0.4, 0.5) is 17.5 Å². The maximum atomic E-state index is 6.13. The van der Waals surface area contributed by atoms with Crippen LogP contribution in [0.15, 0.2) is 42.5 Å². The third-order valence-electron chi connectivity index (χ3n) is 3.06. The second-order valence-corrected chi connectivity index (χ2v) is 4.94. The summed E-state index contributed by atoms with van der Waals surface area (Å²) in [5.74, 6) is 0.914. The van der Waals surface area contributed by atoms with E-state index in [2.05, 4.69) is 15.3 Å². The van der Waals surface area contributed by atoms with Gasteiger partial charge in [0.15, 0.2) is 0 Å². The molecule has 3 N–H and O–H groups in total. The second kappa shape index (κ2) is 4.98. The molecule has 100 valence electrons. The van der Waals surface area contributed by atoms with Gasteiger partial charge in [0.05, 0.1) is 5.52 Å². The maximum absolute atomic E-state index is 6.13. The van der Waals surface area contributed by atoms with Gasteiger partial charge in [-0.05, 0) is 36.8 Å². The third kappa shape index (κ3) is 2.38. The number of nitrogen functional groups attached to an aromatic ring is 1. The number of nitrogens with two attached hydrogens (primary N) is 1. The van der Waals surface area contributed by atoms with Crippen molar-refractivity contribution in [2.24, 2.45) is 0 Å². The van der Waals surface area contributed by atoms with Crippen molar-refractivity contribution in [2.45, 2.75) is 6.92 Å². The van der Waals surface area contributed by atoms with Crippen LogP contribution in [0.25, 0.3) is 10.9 Å². The zero-order valence-corrected chi connectivity index (χ0v) is 11.6. The standard InChI is InChI=1S/C15H13ClN4/c1-9-6-7-10(8-12(9)16)18-14-11-4-2-3-5-13(11)19-15(17)20-14/h2-8H,1H3,(H3,17,18,19,20). The Morgan fingerprint density at radius 2 is 1.90 bits per heavy atom. The highest BCUT2D eigenvalue weighted by Crippen LogP contribution is 2.26. The number of aromatic nitrogens is 2. The molecule has 0 saturated carbocycles. The lowest BCUT2D eigenvalue weighted by Crippen LogP contribution is -2.01. The van der Waals surface area contributed by atoms with Gasteiger partial charge in [-0.25, -0.2) is 4.98 Å². The molecule has 1 heterocycles. The number of nitrogens with zero attached hydrogens (tertiary/aromatic N) is 2. The van der Waals surface area contributed by atoms with Crippen LogP contribution < -0.4 is 11.1 Å². The van der Waals surface area contributed by atoms with Gasteiger partial charge >= 0.3 is 0 Å². The number of anilines is 3. The normalized spacial score (nSPS) is 10.7. The van der Waals surface area contributed by atoms with Gasteiger partial charge in [0, 0.05) is 16.1 Å². The van der Waals surface area contributed by atoms with Gasteiger partial charge in [-0.15, -0.1) is 0 Å². The third-order valence-corrected chi connectivity index (χ3v) is 3.46. The topological polar surface area (TPSA) is 63.8 Å². The summed E-state index contributed by atoms with van der Waals surface area (Å²) >= 11 is 6.13. The molecule has 3 aromatic rings. The lowest BCUT2D eigenvalue weighted by molar-refractivity contribution is 1.23. The monoisotopic (exact) mass is 284 g/mol. The van der Waals surface area contributed by atoms with Crippen molar-refractivity contribution in [3.05, 3.63) is 53.1 Å². The number of hydrogen-bond acceptors (Lipinski definition) is 4. The number of halogens is 1. The van der Waals surface area contributed by atoms with Crippen LogP contribution in [0, 0.1) is 6.92 Å². The number of benzene rings is 2. The average Bonchev–Trinajstić information content (AvgIpc) is 2.43. The fraction of sp³-hybridized carbons (Fsp3) is 0.0667. The number of fused-ring (bicyclic) bond motifs is 1. The molecule has 5 heteroatoms. The summed E-state index contributed by atoms with van der Waals surface area (Å²) in [4.78, 5) is 8.47. The molecule has 0 aliphatic heterocycles. The van der Waals surface area contributed by atoms with Crippen LogP contribution in [0.3, 0.4) is 0 Å². The summed E-state index contributed by atoms with van der Waals surface area (Å²) in [5.41, 5.74) is 8.45. The minimum atomic E-state index is 0.240. The quantitative estimate of drug-likeness (QED) is 0.749. The number of para-hydroxylation sites is 1. The summed E-state index contributed by atoms with van der Waals surface area (Å²) < 4.78 is 0. The zero-order chi connectivity index (χ0) is 14.1. The van der Waals surface area contributed by atoms with Crippen LogP contribution in [-0.4, -0.2) is 9.97 Å². The van der Waals surface area contributed by atoms with E-state index in [0.717, 1.165) is 22.2 Å². The molecule has 1 aromatic heterocycles. The van der Waals surface area contributed by atoms with Crippen molar-refractivity contribution in [1.82, 2.24) is 9.97 Å². The highest BCUT2D eigenvalue weighted by molar-refractivity contribution is 6.31. The van der Waals surface area contributed by atoms with E-state index in [4.69, 9.17) is 17.3 Å². The number of rotatable bonds is 2. The molecule has 0 aliphatic carbocycles. The molecule has 20 heavy (non-hydrogen) atoms. The highest BCUT2D eigenvalue weighted by atomic mass is 35.5. The van der Waals surface area contributed by atoms with E-state index in [1.165, 1.54) is 0 Å². The molecule has 0 unspecified atom stereocenters. The number of aryl methyl sites for hydroxylation is 1. The minimum Gasteiger partial charge on any atom is -0.368 e. The van der Waals surface area contributed by atoms with Crippen molar-refractivity contribution < 1.29 is 0 Å². The van der Waals surface area contributed by atoms with Crippen LogP contribution in [0.5, 0.6) is 0 Å². The van der Waals surface area contributed by atoms with Gasteiger partial charge in [0.2, 0.25) is 5.95 Å². The van der Waals surface area contributed by atoms with E-state index in [1.54, 1.807) is 0 Å². The van der Waals surface area contributed by atoms with Crippen molar-refractivity contribution in [2.75, 3.05) is 11.1 Å². The van der Waals surface area contributed by atoms with E-state index in [0.29, 0.717) is 10.8 Å². The van der Waals surface area contributed by atoms with E-state index in [-0.39, 0.29) is 5.95 Å². The molecular formula is C15H13ClN4. The van der Waals surface area contributed by atoms with Crippen molar-refractivity contribution in [3.8, 4) is 0 Å². The average molecular weight is 285 g/mol. The summed E-state index contributed by atoms with van der Waals surface area (Å²) in [6.45, 7) is 1.96. The van der Waals surface area contributed by atoms with Crippen molar-refractivity contribution in [1.29, 1.82) is 0 Å². The summed E-state index contributed by atoms with van der Waals surface area (Å²) in [7, 11) is 0. The zero-order valence-electron chi connectivity index (χ0n) is 10.9. The van der Waals surface area contributed by atoms with Crippen LogP contribution >= 0.6 is 11.6 Å². The van der Waals surface area contributed by atoms with Gasteiger partial charge in [-0.1, -0.05) is 29.8 Å². The largest absolute Gasteiger partial charge is 0.368 e. The van der Waals surface area contributed by atoms with Gasteiger partial charge in [0.25, 0.3) is 0 Å². The molecule has 0 fully saturated rings. The molecule has 0 spiro atoms. The van der Waals surface area contributed by atoms with Crippen LogP contribution in [0.2, 0.25) is 5.02 Å². The first-order valence-corrected chi connectivity index (χ1v) is 6.57. The Kier molecular flexibility index (Phi) is 3.16. The lowest BCUT2D eigenvalue weighted by Gasteiger charge is -2.10. The maximum Gasteiger partial charge on any atom is 0.222 e.